The molecular formula is C13H18N2O7S. The molecule has 0 aliphatic carbocycles. The van der Waals surface area contributed by atoms with Crippen LogP contribution in [-0.2, 0) is 30.7 Å². The van der Waals surface area contributed by atoms with Crippen molar-refractivity contribution in [2.24, 2.45) is 5.73 Å². The molecule has 1 aromatic carbocycles. The predicted octanol–water partition coefficient (Wildman–Crippen LogP) is 0.0187. The molecule has 1 atom stereocenters. The van der Waals surface area contributed by atoms with Crippen LogP contribution in [0.4, 0.5) is 4.79 Å². The van der Waals surface area contributed by atoms with Crippen LogP contribution in [0.15, 0.2) is 30.3 Å². The lowest BCUT2D eigenvalue weighted by Crippen LogP contribution is -2.36. The lowest BCUT2D eigenvalue weighted by molar-refractivity contribution is -0.125. The van der Waals surface area contributed by atoms with Gasteiger partial charge >= 0.3 is 16.5 Å². The molecule has 1 unspecified atom stereocenters. The van der Waals surface area contributed by atoms with E-state index in [1.165, 1.54) is 0 Å². The van der Waals surface area contributed by atoms with Crippen LogP contribution in [0.5, 0.6) is 0 Å². The third kappa shape index (κ3) is 8.26. The van der Waals surface area contributed by atoms with Gasteiger partial charge in [-0.05, 0) is 5.56 Å². The standard InChI is InChI=1S/C13H18N2O7S/c14-8-12(22-23(18,19)20)11(16)6-7-15-13(17)21-9-10-4-2-1-3-5-10/h1-5,12H,6-9,14H2,(H,15,17)(H,18,19,20). The molecule has 0 bridgehead atoms. The van der Waals surface area contributed by atoms with Gasteiger partial charge in [0, 0.05) is 19.5 Å². The summed E-state index contributed by atoms with van der Waals surface area (Å²) in [6.45, 7) is -0.424. The Balaban J connectivity index is 2.29. The van der Waals surface area contributed by atoms with E-state index < -0.39 is 34.9 Å². The summed E-state index contributed by atoms with van der Waals surface area (Å²) in [5.41, 5.74) is 6.00. The van der Waals surface area contributed by atoms with E-state index in [0.717, 1.165) is 5.56 Å². The summed E-state index contributed by atoms with van der Waals surface area (Å²) in [7, 11) is -4.77. The molecule has 0 fully saturated rings. The second kappa shape index (κ2) is 9.20. The maximum Gasteiger partial charge on any atom is 0.407 e. The second-order valence-corrected chi connectivity index (χ2v) is 5.50. The van der Waals surface area contributed by atoms with Gasteiger partial charge in [-0.1, -0.05) is 30.3 Å². The van der Waals surface area contributed by atoms with Crippen LogP contribution in [-0.4, -0.2) is 44.0 Å². The molecule has 4 N–H and O–H groups in total. The lowest BCUT2D eigenvalue weighted by Gasteiger charge is -2.12. The van der Waals surface area contributed by atoms with E-state index in [1.54, 1.807) is 24.3 Å². The number of Topliss-reactive ketones (excluding diaryl/α,β-unsaturated/α-hetero) is 1. The number of ketones is 1. The first-order valence-electron chi connectivity index (χ1n) is 6.65. The van der Waals surface area contributed by atoms with Crippen LogP contribution >= 0.6 is 0 Å². The summed E-state index contributed by atoms with van der Waals surface area (Å²) in [6, 6.07) is 9.01. The van der Waals surface area contributed by atoms with Crippen LogP contribution in [0.3, 0.4) is 0 Å². The van der Waals surface area contributed by atoms with Crippen molar-refractivity contribution in [3.05, 3.63) is 35.9 Å². The first kappa shape index (κ1) is 19.0. The quantitative estimate of drug-likeness (QED) is 0.531. The van der Waals surface area contributed by atoms with Gasteiger partial charge in [0.25, 0.3) is 0 Å². The topological polar surface area (TPSA) is 145 Å². The Hall–Kier alpha value is -2.01. The van der Waals surface area contributed by atoms with Gasteiger partial charge in [-0.2, -0.15) is 8.42 Å². The Morgan fingerprint density at radius 3 is 2.48 bits per heavy atom. The third-order valence-electron chi connectivity index (χ3n) is 2.66. The fourth-order valence-electron chi connectivity index (χ4n) is 1.59. The summed E-state index contributed by atoms with van der Waals surface area (Å²) < 4.78 is 38.6. The molecule has 1 aromatic rings. The zero-order valence-electron chi connectivity index (χ0n) is 12.2. The average Bonchev–Trinajstić information content (AvgIpc) is 2.50. The fourth-order valence-corrected chi connectivity index (χ4v) is 2.07. The first-order chi connectivity index (χ1) is 10.8. The van der Waals surface area contributed by atoms with Crippen LogP contribution in [0.1, 0.15) is 12.0 Å². The van der Waals surface area contributed by atoms with Gasteiger partial charge < -0.3 is 15.8 Å². The van der Waals surface area contributed by atoms with Gasteiger partial charge in [-0.3, -0.25) is 9.35 Å². The van der Waals surface area contributed by atoms with Crippen molar-refractivity contribution in [3.63, 3.8) is 0 Å². The number of carbonyl (C=O) groups is 2. The molecular weight excluding hydrogens is 328 g/mol. The van der Waals surface area contributed by atoms with E-state index in [0.29, 0.717) is 0 Å². The summed E-state index contributed by atoms with van der Waals surface area (Å²) in [5.74, 6) is -0.673. The summed E-state index contributed by atoms with van der Waals surface area (Å²) in [4.78, 5) is 23.1. The van der Waals surface area contributed by atoms with Gasteiger partial charge in [0.15, 0.2) is 5.78 Å². The Morgan fingerprint density at radius 2 is 1.91 bits per heavy atom. The number of carbonyl (C=O) groups excluding carboxylic acids is 2. The summed E-state index contributed by atoms with van der Waals surface area (Å²) >= 11 is 0. The van der Waals surface area contributed by atoms with E-state index in [4.69, 9.17) is 15.0 Å². The van der Waals surface area contributed by atoms with E-state index in [-0.39, 0.29) is 19.6 Å². The van der Waals surface area contributed by atoms with Crippen LogP contribution in [0.2, 0.25) is 0 Å². The van der Waals surface area contributed by atoms with Crippen molar-refractivity contribution in [1.29, 1.82) is 0 Å². The van der Waals surface area contributed by atoms with Crippen molar-refractivity contribution in [2.75, 3.05) is 13.1 Å². The van der Waals surface area contributed by atoms with Crippen molar-refractivity contribution < 1.29 is 31.5 Å². The first-order valence-corrected chi connectivity index (χ1v) is 8.01. The van der Waals surface area contributed by atoms with Gasteiger partial charge in [0.2, 0.25) is 0 Å². The number of ether oxygens (including phenoxy) is 1. The Morgan fingerprint density at radius 1 is 1.26 bits per heavy atom. The molecule has 128 valence electrons. The Kier molecular flexibility index (Phi) is 7.62. The number of alkyl carbamates (subject to hydrolysis) is 1. The highest BCUT2D eigenvalue weighted by Crippen LogP contribution is 2.02. The molecule has 0 spiro atoms. The monoisotopic (exact) mass is 346 g/mol. The fraction of sp³-hybridized carbons (Fsp3) is 0.385. The number of benzene rings is 1. The van der Waals surface area contributed by atoms with E-state index in [1.807, 2.05) is 6.07 Å². The molecule has 10 heteroatoms. The molecule has 23 heavy (non-hydrogen) atoms. The molecule has 0 saturated carbocycles. The number of hydrogen-bond acceptors (Lipinski definition) is 7. The van der Waals surface area contributed by atoms with Gasteiger partial charge in [0.1, 0.15) is 12.7 Å². The van der Waals surface area contributed by atoms with Gasteiger partial charge in [0.05, 0.1) is 0 Å². The molecule has 1 rings (SSSR count). The molecule has 0 radical (unpaired) electrons. The van der Waals surface area contributed by atoms with Crippen LogP contribution in [0.25, 0.3) is 0 Å². The summed E-state index contributed by atoms with van der Waals surface area (Å²) in [5, 5.41) is 2.34. The third-order valence-corrected chi connectivity index (χ3v) is 3.14. The van der Waals surface area contributed by atoms with Crippen LogP contribution in [0, 0.1) is 0 Å². The smallest absolute Gasteiger partial charge is 0.407 e. The Bertz CT molecular complexity index is 618. The highest BCUT2D eigenvalue weighted by Gasteiger charge is 2.23. The largest absolute Gasteiger partial charge is 0.445 e. The normalized spacial score (nSPS) is 12.4. The van der Waals surface area contributed by atoms with Crippen molar-refractivity contribution in [1.82, 2.24) is 5.32 Å². The lowest BCUT2D eigenvalue weighted by atomic mass is 10.2. The minimum Gasteiger partial charge on any atom is -0.445 e. The zero-order chi connectivity index (χ0) is 17.3. The molecule has 0 heterocycles. The average molecular weight is 346 g/mol. The summed E-state index contributed by atoms with van der Waals surface area (Å²) in [6.07, 6.45) is -2.44. The predicted molar refractivity (Wildman–Crippen MR) is 79.7 cm³/mol. The van der Waals surface area contributed by atoms with Crippen molar-refractivity contribution >= 4 is 22.3 Å². The van der Waals surface area contributed by atoms with Gasteiger partial charge in [-0.15, -0.1) is 0 Å². The second-order valence-electron chi connectivity index (χ2n) is 4.45. The van der Waals surface area contributed by atoms with E-state index >= 15 is 0 Å². The molecule has 0 aliphatic heterocycles. The number of hydrogen-bond donors (Lipinski definition) is 3. The Labute approximate surface area is 133 Å². The van der Waals surface area contributed by atoms with Crippen LogP contribution < -0.4 is 11.1 Å². The van der Waals surface area contributed by atoms with Gasteiger partial charge in [-0.25, -0.2) is 8.98 Å². The molecule has 0 saturated heterocycles. The number of nitrogens with two attached hydrogens (primary N) is 1. The highest BCUT2D eigenvalue weighted by molar-refractivity contribution is 7.80. The highest BCUT2D eigenvalue weighted by atomic mass is 32.3. The molecule has 9 nitrogen and oxygen atoms in total. The van der Waals surface area contributed by atoms with E-state index in [2.05, 4.69) is 9.50 Å². The maximum absolute atomic E-state index is 11.6. The number of amides is 1. The van der Waals surface area contributed by atoms with E-state index in [9.17, 15) is 18.0 Å². The molecule has 1 amide bonds. The number of rotatable bonds is 9. The van der Waals surface area contributed by atoms with Crippen molar-refractivity contribution in [3.8, 4) is 0 Å². The minimum absolute atomic E-state index is 0.0813. The molecule has 0 aromatic heterocycles. The zero-order valence-corrected chi connectivity index (χ0v) is 13.0. The maximum atomic E-state index is 11.6. The van der Waals surface area contributed by atoms with Crippen molar-refractivity contribution in [2.45, 2.75) is 19.1 Å². The minimum atomic E-state index is -4.77. The molecule has 0 aliphatic rings. The number of nitrogens with one attached hydrogen (secondary N) is 1. The SMILES string of the molecule is NCC(OS(=O)(=O)O)C(=O)CCNC(=O)OCc1ccccc1.